The molecule has 0 radical (unpaired) electrons. The second-order valence-corrected chi connectivity index (χ2v) is 41.2. The number of fused-ring (bicyclic) bond motifs is 13. The first-order valence-corrected chi connectivity index (χ1v) is 48.4. The van der Waals surface area contributed by atoms with Crippen LogP contribution in [0.1, 0.15) is 116 Å². The third-order valence-electron chi connectivity index (χ3n) is 28.1. The number of anilines is 6. The Labute approximate surface area is 837 Å². The number of aromatic nitrogens is 12. The molecule has 0 bridgehead atoms. The molecule has 0 N–H and O–H groups in total. The van der Waals surface area contributed by atoms with Gasteiger partial charge >= 0.3 is 0 Å². The summed E-state index contributed by atoms with van der Waals surface area (Å²) in [6.45, 7) is 26.4. The second-order valence-electron chi connectivity index (χ2n) is 41.2. The zero-order chi connectivity index (χ0) is 103. The van der Waals surface area contributed by atoms with Crippen LogP contribution in [0, 0.1) is 0 Å². The Morgan fingerprint density at radius 1 is 0.218 bits per heavy atom. The molecule has 0 saturated heterocycles. The topological polar surface area (TPSA) is 137 Å². The molecule has 0 spiro atoms. The summed E-state index contributed by atoms with van der Waals surface area (Å²) in [5.41, 5.74) is 21.7. The Kier molecular flexibility index (Phi) is 18.3. The number of benzene rings is 17. The fraction of sp³-hybridized carbons (Fsp3) is 0.126. The van der Waals surface area contributed by atoms with Gasteiger partial charge in [-0.05, 0) is 182 Å². The van der Waals surface area contributed by atoms with E-state index in [9.17, 15) is 11.0 Å². The molecular weight excluding hydrogens is 1730 g/mol. The Balaban J connectivity index is 0.898. The van der Waals surface area contributed by atoms with E-state index in [1.54, 1.807) is 4.57 Å². The summed E-state index contributed by atoms with van der Waals surface area (Å²) in [5.74, 6) is 3.39. The number of nitrogens with zero attached hydrogens (tertiary/aromatic N) is 14. The van der Waals surface area contributed by atoms with Crippen molar-refractivity contribution in [3.63, 3.8) is 0 Å². The van der Waals surface area contributed by atoms with E-state index in [0.29, 0.717) is 80.2 Å². The maximum absolute atomic E-state index is 10.3. The van der Waals surface area contributed by atoms with Crippen LogP contribution < -0.4 is 26.2 Å². The predicted molar refractivity (Wildman–Crippen MR) is 587 cm³/mol. The summed E-state index contributed by atoms with van der Waals surface area (Å²) >= 11 is 0. The van der Waals surface area contributed by atoms with Gasteiger partial charge in [-0.15, -0.1) is 0 Å². The quantitative estimate of drug-likeness (QED) is 0.0962. The summed E-state index contributed by atoms with van der Waals surface area (Å²) in [6, 6.07) is 115. The molecule has 0 fully saturated rings. The molecule has 23 aromatic rings. The van der Waals surface area contributed by atoms with Gasteiger partial charge in [-0.1, -0.05) is 356 Å². The molecule has 2 aliphatic rings. The van der Waals surface area contributed by atoms with E-state index in [1.807, 2.05) is 212 Å². The highest BCUT2D eigenvalue weighted by Gasteiger charge is 2.47. The van der Waals surface area contributed by atoms with Crippen LogP contribution in [0.25, 0.3) is 185 Å². The van der Waals surface area contributed by atoms with Gasteiger partial charge in [0.15, 0.2) is 52.4 Å². The smallest absolute Gasteiger partial charge is 0.252 e. The van der Waals surface area contributed by atoms with E-state index in [4.69, 9.17) is 44.9 Å². The summed E-state index contributed by atoms with van der Waals surface area (Å²) in [7, 11) is 0. The monoisotopic (exact) mass is 1840 g/mol. The zero-order valence-corrected chi connectivity index (χ0v) is 80.7. The van der Waals surface area contributed by atoms with E-state index < -0.39 is 55.1 Å². The Hall–Kier alpha value is -17.2. The van der Waals surface area contributed by atoms with Crippen LogP contribution in [0.4, 0.5) is 34.1 Å². The normalized spacial score (nSPS) is 13.5. The molecule has 0 saturated carbocycles. The van der Waals surface area contributed by atoms with Gasteiger partial charge < -0.3 is 23.5 Å². The lowest BCUT2D eigenvalue weighted by Gasteiger charge is -2.45. The molecule has 14 nitrogen and oxygen atoms in total. The third kappa shape index (κ3) is 14.7. The average molecular weight is 1840 g/mol. The molecule has 15 heteroatoms. The second kappa shape index (κ2) is 33.3. The standard InChI is InChI=1S/C127H101BN14/c1-124(2,3)84-58-66-105-96(70-84)97-71-85(125(4,5)6)59-67-106(97)139(105)88-62-64-100-109(74-88)141(104-57-36-33-52-93(104)121-132-115(78-38-19-13-20-39-78)129-116(133-121)79-40-21-14-22-41-79)111-76-90(140-107-68-60-86(126(7,8)9)72-98(107)99-73-87(127(10,11)12)61-69-108(99)140)77-112-113(111)128(100)101-65-63-89(138-102-55-34-31-50-91(102)92-51-32-35-56-103(92)138)75-110(101)142(112)114-94(122-134-117(80-42-23-15-24-43-80)130-118(135-122)81-44-25-16-26-45-81)53-37-54-95(114)123-136-119(82-46-27-17-28-47-82)131-120(137-123)83-48-29-18-30-49-83/h13-77H,1-12H3/i31D,32D,34D,35D,50D,51D,55D,56D. The molecule has 17 aromatic carbocycles. The van der Waals surface area contributed by atoms with E-state index in [2.05, 4.69) is 235 Å². The van der Waals surface area contributed by atoms with Crippen LogP contribution in [0.5, 0.6) is 0 Å². The van der Waals surface area contributed by atoms with Gasteiger partial charge in [0.2, 0.25) is 0 Å². The number of hydrogen-bond acceptors (Lipinski definition) is 11. The van der Waals surface area contributed by atoms with E-state index >= 15 is 0 Å². The van der Waals surface area contributed by atoms with Crippen LogP contribution in [0.15, 0.2) is 394 Å². The van der Waals surface area contributed by atoms with Crippen molar-refractivity contribution in [2.45, 2.75) is 105 Å². The van der Waals surface area contributed by atoms with Crippen LogP contribution in [-0.4, -0.2) is 65.3 Å². The molecule has 6 aromatic heterocycles. The Morgan fingerprint density at radius 3 is 0.838 bits per heavy atom. The lowest BCUT2D eigenvalue weighted by molar-refractivity contribution is 0.590. The molecule has 8 heterocycles. The molecule has 0 amide bonds. The highest BCUT2D eigenvalue weighted by Crippen LogP contribution is 2.54. The molecule has 0 aliphatic carbocycles. The average Bonchev–Trinajstić information content (AvgIpc) is 1.30. The van der Waals surface area contributed by atoms with Crippen molar-refractivity contribution < 1.29 is 11.0 Å². The van der Waals surface area contributed by atoms with E-state index in [0.717, 1.165) is 127 Å². The Bertz CT molecular complexity index is 9010. The van der Waals surface area contributed by atoms with E-state index in [-0.39, 0.29) is 60.8 Å². The van der Waals surface area contributed by atoms with E-state index in [1.165, 1.54) is 11.1 Å². The van der Waals surface area contributed by atoms with Crippen molar-refractivity contribution in [1.29, 1.82) is 0 Å². The maximum Gasteiger partial charge on any atom is 0.252 e. The van der Waals surface area contributed by atoms with Crippen molar-refractivity contribution in [2.24, 2.45) is 0 Å². The maximum atomic E-state index is 10.3. The lowest BCUT2D eigenvalue weighted by atomic mass is 9.33. The predicted octanol–water partition coefficient (Wildman–Crippen LogP) is 29.8. The first-order chi connectivity index (χ1) is 72.3. The molecule has 2 aliphatic heterocycles. The van der Waals surface area contributed by atoms with Gasteiger partial charge in [0.1, 0.15) is 0 Å². The number of para-hydroxylation sites is 4. The highest BCUT2D eigenvalue weighted by atomic mass is 15.2. The van der Waals surface area contributed by atoms with Crippen molar-refractivity contribution >= 4 is 123 Å². The first-order valence-electron chi connectivity index (χ1n) is 52.4. The van der Waals surface area contributed by atoms with Gasteiger partial charge in [0.25, 0.3) is 6.71 Å². The molecule has 682 valence electrons. The SMILES string of the molecule is [2H]c1c([2H])c([2H])c2c(c1[2H])c1c([2H])c([2H])c([2H])c([2H])c1n2-c1ccc2c(c1)N(c1c(-c3nc(-c4ccccc4)nc(-c4ccccc4)n3)cccc1-c1nc(-c3ccccc3)nc(-c3ccccc3)n1)c1cc(-n3c4ccc(C(C)(C)C)cc4c4cc(C(C)(C)C)ccc43)cc3c1B2c1ccc(-n2c4ccc(C(C)(C)C)cc4c4cc(C(C)(C)C)ccc42)cc1N3c1ccccc1-c1nc(-c2ccccc2)nc(-c2ccccc2)n1. The van der Waals surface area contributed by atoms with Crippen molar-refractivity contribution in [2.75, 3.05) is 9.80 Å². The summed E-state index contributed by atoms with van der Waals surface area (Å²) in [5, 5.41) is 4.14. The molecule has 0 atom stereocenters. The van der Waals surface area contributed by atoms with Crippen molar-refractivity contribution in [1.82, 2.24) is 58.6 Å². The van der Waals surface area contributed by atoms with Gasteiger partial charge in [-0.3, -0.25) is 0 Å². The molecule has 0 unspecified atom stereocenters. The Morgan fingerprint density at radius 2 is 0.493 bits per heavy atom. The van der Waals surface area contributed by atoms with Crippen LogP contribution >= 0.6 is 0 Å². The van der Waals surface area contributed by atoms with Crippen LogP contribution in [-0.2, 0) is 21.7 Å². The zero-order valence-electron chi connectivity index (χ0n) is 88.7. The fourth-order valence-corrected chi connectivity index (χ4v) is 20.8. The molecule has 25 rings (SSSR count). The minimum absolute atomic E-state index is 0.0600. The summed E-state index contributed by atoms with van der Waals surface area (Å²) in [4.78, 5) is 55.2. The summed E-state index contributed by atoms with van der Waals surface area (Å²) < 4.78 is 85.1. The van der Waals surface area contributed by atoms with Crippen LogP contribution in [0.3, 0.4) is 0 Å². The largest absolute Gasteiger partial charge is 0.311 e. The first kappa shape index (κ1) is 77.8. The van der Waals surface area contributed by atoms with Gasteiger partial charge in [0.05, 0.1) is 61.1 Å². The number of rotatable bonds is 14. The minimum Gasteiger partial charge on any atom is -0.311 e. The van der Waals surface area contributed by atoms with Gasteiger partial charge in [-0.2, -0.15) is 0 Å². The van der Waals surface area contributed by atoms with Gasteiger partial charge in [-0.25, -0.2) is 44.9 Å². The minimum atomic E-state index is -0.784. The van der Waals surface area contributed by atoms with Gasteiger partial charge in [0, 0.05) is 117 Å². The fourth-order valence-electron chi connectivity index (χ4n) is 20.8. The lowest BCUT2D eigenvalue weighted by Crippen LogP contribution is -2.61. The summed E-state index contributed by atoms with van der Waals surface area (Å²) in [6.07, 6.45) is 0. The van der Waals surface area contributed by atoms with Crippen LogP contribution in [0.2, 0.25) is 0 Å². The molecule has 142 heavy (non-hydrogen) atoms. The third-order valence-corrected chi connectivity index (χ3v) is 28.1. The number of hydrogen-bond donors (Lipinski definition) is 0. The van der Waals surface area contributed by atoms with Crippen molar-refractivity contribution in [3.05, 3.63) is 416 Å². The highest BCUT2D eigenvalue weighted by molar-refractivity contribution is 7.00. The molecular formula is C127H101BN14. The van der Waals surface area contributed by atoms with Crippen molar-refractivity contribution in [3.8, 4) is 120 Å².